The molecule has 0 saturated carbocycles. The average molecular weight is 515 g/mol. The summed E-state index contributed by atoms with van der Waals surface area (Å²) in [4.78, 5) is 23.2. The molecule has 1 aliphatic heterocycles. The maximum atomic E-state index is 13.7. The van der Waals surface area contributed by atoms with E-state index in [2.05, 4.69) is 28.3 Å². The number of carbonyl (C=O) groups excluding carboxylic acids is 1. The molecule has 3 N–H and O–H groups in total. The fraction of sp³-hybridized carbons (Fsp3) is 0.267. The fourth-order valence-electron chi connectivity index (χ4n) is 4.93. The highest BCUT2D eigenvalue weighted by Gasteiger charge is 2.28. The van der Waals surface area contributed by atoms with Gasteiger partial charge in [-0.25, -0.2) is 4.98 Å². The fourth-order valence-corrected chi connectivity index (χ4v) is 5.06. The summed E-state index contributed by atoms with van der Waals surface area (Å²) in [7, 11) is 0. The van der Waals surface area contributed by atoms with Crippen LogP contribution >= 0.6 is 11.6 Å². The van der Waals surface area contributed by atoms with E-state index < -0.39 is 0 Å². The number of aliphatic hydroxyl groups excluding tert-OH is 1. The van der Waals surface area contributed by atoms with Crippen LogP contribution in [-0.4, -0.2) is 39.0 Å². The minimum absolute atomic E-state index is 0.0246. The molecular weight excluding hydrogens is 484 g/mol. The molecule has 7 heteroatoms. The van der Waals surface area contributed by atoms with Crippen molar-refractivity contribution in [2.75, 3.05) is 18.4 Å². The summed E-state index contributed by atoms with van der Waals surface area (Å²) >= 11 is 6.03. The molecule has 2 heterocycles. The van der Waals surface area contributed by atoms with E-state index in [4.69, 9.17) is 11.6 Å². The van der Waals surface area contributed by atoms with Gasteiger partial charge in [0, 0.05) is 35.1 Å². The molecule has 1 aliphatic rings. The van der Waals surface area contributed by atoms with Crippen molar-refractivity contribution >= 4 is 23.2 Å². The van der Waals surface area contributed by atoms with Gasteiger partial charge in [0.1, 0.15) is 0 Å². The number of aliphatic hydroxyl groups is 1. The second kappa shape index (κ2) is 10.8. The van der Waals surface area contributed by atoms with Gasteiger partial charge < -0.3 is 20.3 Å². The summed E-state index contributed by atoms with van der Waals surface area (Å²) in [5.41, 5.74) is 9.83. The van der Waals surface area contributed by atoms with Gasteiger partial charge in [-0.05, 0) is 90.4 Å². The number of imidazole rings is 1. The van der Waals surface area contributed by atoms with Gasteiger partial charge in [-0.1, -0.05) is 35.9 Å². The van der Waals surface area contributed by atoms with Gasteiger partial charge >= 0.3 is 0 Å². The van der Waals surface area contributed by atoms with Crippen molar-refractivity contribution in [3.05, 3.63) is 105 Å². The Bertz CT molecular complexity index is 1430. The lowest BCUT2D eigenvalue weighted by Crippen LogP contribution is -2.39. The minimum Gasteiger partial charge on any atom is -0.392 e. The van der Waals surface area contributed by atoms with E-state index in [1.165, 1.54) is 0 Å². The number of aromatic amines is 1. The predicted molar refractivity (Wildman–Crippen MR) is 148 cm³/mol. The summed E-state index contributed by atoms with van der Waals surface area (Å²) in [5.74, 6) is 0.0482. The van der Waals surface area contributed by atoms with Gasteiger partial charge in [0.15, 0.2) is 0 Å². The lowest BCUT2D eigenvalue weighted by Gasteiger charge is -2.31. The second-order valence-electron chi connectivity index (χ2n) is 9.60. The Morgan fingerprint density at radius 1 is 1.03 bits per heavy atom. The van der Waals surface area contributed by atoms with Crippen LogP contribution in [0.15, 0.2) is 60.9 Å². The third-order valence-electron chi connectivity index (χ3n) is 7.15. The third-order valence-corrected chi connectivity index (χ3v) is 7.40. The summed E-state index contributed by atoms with van der Waals surface area (Å²) in [6.07, 6.45) is 3.24. The van der Waals surface area contributed by atoms with Crippen molar-refractivity contribution in [3.8, 4) is 11.1 Å². The predicted octanol–water partition coefficient (Wildman–Crippen LogP) is 5.69. The van der Waals surface area contributed by atoms with E-state index in [1.807, 2.05) is 60.4 Å². The van der Waals surface area contributed by atoms with E-state index in [0.717, 1.165) is 68.9 Å². The zero-order valence-corrected chi connectivity index (χ0v) is 21.9. The standard InChI is InChI=1S/C30H31ClN4O2/c1-19-3-4-22(17-36)13-26(19)27-14-24(32-16-29-20(2)33-18-34-29)15-28-25(27)10-12-35(30(28)37)11-9-21-5-7-23(31)8-6-21/h3-8,13-15,18,32,36H,9-12,16-17H2,1-2H3,(H,33,34). The van der Waals surface area contributed by atoms with Gasteiger partial charge in [0.2, 0.25) is 0 Å². The number of nitrogens with one attached hydrogen (secondary N) is 2. The zero-order chi connectivity index (χ0) is 25.9. The highest BCUT2D eigenvalue weighted by molar-refractivity contribution is 6.30. The van der Waals surface area contributed by atoms with Crippen molar-refractivity contribution in [2.45, 2.75) is 39.8 Å². The lowest BCUT2D eigenvalue weighted by atomic mass is 9.87. The maximum absolute atomic E-state index is 13.7. The number of aromatic nitrogens is 2. The molecule has 0 bridgehead atoms. The molecule has 4 aromatic rings. The summed E-state index contributed by atoms with van der Waals surface area (Å²) in [6.45, 7) is 5.91. The number of aryl methyl sites for hydroxylation is 2. The Kier molecular flexibility index (Phi) is 7.31. The Morgan fingerprint density at radius 2 is 1.78 bits per heavy atom. The molecule has 6 nitrogen and oxygen atoms in total. The van der Waals surface area contributed by atoms with Crippen LogP contribution in [0.1, 0.15) is 44.0 Å². The number of amides is 1. The number of benzene rings is 3. The van der Waals surface area contributed by atoms with Gasteiger partial charge in [0.05, 0.1) is 25.2 Å². The molecule has 1 aromatic heterocycles. The van der Waals surface area contributed by atoms with Gasteiger partial charge in [-0.3, -0.25) is 4.79 Å². The number of nitrogens with zero attached hydrogens (tertiary/aromatic N) is 2. The first-order valence-electron chi connectivity index (χ1n) is 12.6. The molecule has 0 aliphatic carbocycles. The molecule has 1 amide bonds. The molecule has 190 valence electrons. The Labute approximate surface area is 222 Å². The average Bonchev–Trinajstić information content (AvgIpc) is 3.32. The molecular formula is C30H31ClN4O2. The number of rotatable bonds is 8. The number of halogens is 1. The van der Waals surface area contributed by atoms with Gasteiger partial charge in [-0.2, -0.15) is 0 Å². The monoisotopic (exact) mass is 514 g/mol. The first-order valence-corrected chi connectivity index (χ1v) is 12.9. The number of H-pyrrole nitrogens is 1. The van der Waals surface area contributed by atoms with Crippen LogP contribution in [0.25, 0.3) is 11.1 Å². The Balaban J connectivity index is 1.49. The molecule has 5 rings (SSSR count). The molecule has 0 saturated heterocycles. The van der Waals surface area contributed by atoms with E-state index in [-0.39, 0.29) is 12.5 Å². The van der Waals surface area contributed by atoms with Crippen LogP contribution in [-0.2, 0) is 26.0 Å². The third kappa shape index (κ3) is 5.41. The number of hydrogen-bond donors (Lipinski definition) is 3. The van der Waals surface area contributed by atoms with Crippen LogP contribution in [0.2, 0.25) is 5.02 Å². The summed E-state index contributed by atoms with van der Waals surface area (Å²) < 4.78 is 0. The van der Waals surface area contributed by atoms with Gasteiger partial charge in [0.25, 0.3) is 5.91 Å². The molecule has 0 fully saturated rings. The normalized spacial score (nSPS) is 13.1. The summed E-state index contributed by atoms with van der Waals surface area (Å²) in [6, 6.07) is 17.9. The van der Waals surface area contributed by atoms with E-state index in [9.17, 15) is 9.90 Å². The molecule has 0 unspecified atom stereocenters. The zero-order valence-electron chi connectivity index (χ0n) is 21.1. The second-order valence-corrected chi connectivity index (χ2v) is 10.0. The lowest BCUT2D eigenvalue weighted by molar-refractivity contribution is 0.0742. The van der Waals surface area contributed by atoms with Crippen LogP contribution in [0, 0.1) is 13.8 Å². The summed E-state index contributed by atoms with van der Waals surface area (Å²) in [5, 5.41) is 14.0. The number of anilines is 1. The van der Waals surface area contributed by atoms with Crippen LogP contribution in [0.4, 0.5) is 5.69 Å². The first-order chi connectivity index (χ1) is 17.9. The SMILES string of the molecule is Cc1ccc(CO)cc1-c1cc(NCc2nc[nH]c2C)cc2c1CCN(CCc1ccc(Cl)cc1)C2=O. The van der Waals surface area contributed by atoms with Crippen molar-refractivity contribution in [2.24, 2.45) is 0 Å². The number of carbonyl (C=O) groups is 1. The van der Waals surface area contributed by atoms with E-state index in [1.54, 1.807) is 6.33 Å². The van der Waals surface area contributed by atoms with E-state index in [0.29, 0.717) is 24.7 Å². The molecule has 37 heavy (non-hydrogen) atoms. The van der Waals surface area contributed by atoms with Crippen LogP contribution in [0.5, 0.6) is 0 Å². The molecule has 3 aromatic carbocycles. The molecule has 0 radical (unpaired) electrons. The molecule has 0 spiro atoms. The van der Waals surface area contributed by atoms with E-state index >= 15 is 0 Å². The number of fused-ring (bicyclic) bond motifs is 1. The topological polar surface area (TPSA) is 81.2 Å². The quantitative estimate of drug-likeness (QED) is 0.282. The van der Waals surface area contributed by atoms with Crippen LogP contribution < -0.4 is 5.32 Å². The van der Waals surface area contributed by atoms with Crippen molar-refractivity contribution < 1.29 is 9.90 Å². The van der Waals surface area contributed by atoms with Crippen LogP contribution in [0.3, 0.4) is 0 Å². The Hall–Kier alpha value is -3.61. The highest BCUT2D eigenvalue weighted by atomic mass is 35.5. The van der Waals surface area contributed by atoms with Gasteiger partial charge in [-0.15, -0.1) is 0 Å². The largest absolute Gasteiger partial charge is 0.392 e. The highest BCUT2D eigenvalue weighted by Crippen LogP contribution is 2.36. The minimum atomic E-state index is -0.0246. The maximum Gasteiger partial charge on any atom is 0.254 e. The van der Waals surface area contributed by atoms with Crippen molar-refractivity contribution in [1.29, 1.82) is 0 Å². The smallest absolute Gasteiger partial charge is 0.254 e. The molecule has 0 atom stereocenters. The van der Waals surface area contributed by atoms with Crippen molar-refractivity contribution in [3.63, 3.8) is 0 Å². The Morgan fingerprint density at radius 3 is 2.51 bits per heavy atom. The number of hydrogen-bond acceptors (Lipinski definition) is 4. The van der Waals surface area contributed by atoms with Crippen molar-refractivity contribution in [1.82, 2.24) is 14.9 Å². The first kappa shape index (κ1) is 25.1.